The summed E-state index contributed by atoms with van der Waals surface area (Å²) in [6.45, 7) is 4.75. The van der Waals surface area contributed by atoms with Crippen LogP contribution in [-0.2, 0) is 11.3 Å². The second-order valence-electron chi connectivity index (χ2n) is 5.12. The molecule has 2 unspecified atom stereocenters. The van der Waals surface area contributed by atoms with Crippen LogP contribution in [0.15, 0.2) is 30.6 Å². The lowest BCUT2D eigenvalue weighted by Gasteiger charge is -2.35. The average Bonchev–Trinajstić information content (AvgIpc) is 2.80. The standard InChI is InChI=1S/C14H18ClN3O/c1-11-7-17(10-13(6-15)19-11)8-12-9-18-5-3-2-4-14(18)16-12/h2-5,9,11,13H,6-8,10H2,1H3. The molecule has 0 radical (unpaired) electrons. The molecule has 0 amide bonds. The molecule has 3 heterocycles. The van der Waals surface area contributed by atoms with Gasteiger partial charge in [-0.3, -0.25) is 4.90 Å². The second kappa shape index (κ2) is 5.49. The number of nitrogens with zero attached hydrogens (tertiary/aromatic N) is 3. The number of imidazole rings is 1. The number of ether oxygens (including phenoxy) is 1. The van der Waals surface area contributed by atoms with Crippen molar-refractivity contribution in [3.05, 3.63) is 36.3 Å². The minimum Gasteiger partial charge on any atom is -0.371 e. The predicted molar refractivity (Wildman–Crippen MR) is 75.5 cm³/mol. The van der Waals surface area contributed by atoms with E-state index in [0.29, 0.717) is 5.88 Å². The fourth-order valence-electron chi connectivity index (χ4n) is 2.65. The summed E-state index contributed by atoms with van der Waals surface area (Å²) >= 11 is 5.91. The van der Waals surface area contributed by atoms with Crippen molar-refractivity contribution in [1.82, 2.24) is 14.3 Å². The van der Waals surface area contributed by atoms with Crippen LogP contribution in [0.2, 0.25) is 0 Å². The van der Waals surface area contributed by atoms with E-state index in [1.54, 1.807) is 0 Å². The summed E-state index contributed by atoms with van der Waals surface area (Å²) in [5.41, 5.74) is 2.08. The minimum atomic E-state index is 0.127. The molecule has 0 aliphatic carbocycles. The molecule has 0 saturated carbocycles. The van der Waals surface area contributed by atoms with E-state index in [1.165, 1.54) is 0 Å². The molecule has 0 N–H and O–H groups in total. The van der Waals surface area contributed by atoms with Crippen LogP contribution >= 0.6 is 11.6 Å². The Kier molecular flexibility index (Phi) is 3.73. The minimum absolute atomic E-state index is 0.127. The first kappa shape index (κ1) is 12.9. The van der Waals surface area contributed by atoms with Crippen molar-refractivity contribution >= 4 is 17.2 Å². The summed E-state index contributed by atoms with van der Waals surface area (Å²) < 4.78 is 7.82. The molecule has 2 aromatic heterocycles. The lowest BCUT2D eigenvalue weighted by Crippen LogP contribution is -2.46. The zero-order chi connectivity index (χ0) is 13.2. The number of halogens is 1. The Morgan fingerprint density at radius 3 is 3.11 bits per heavy atom. The molecule has 2 atom stereocenters. The van der Waals surface area contributed by atoms with Gasteiger partial charge >= 0.3 is 0 Å². The van der Waals surface area contributed by atoms with Crippen molar-refractivity contribution in [3.8, 4) is 0 Å². The van der Waals surface area contributed by atoms with E-state index in [4.69, 9.17) is 16.3 Å². The van der Waals surface area contributed by atoms with Gasteiger partial charge in [0.25, 0.3) is 0 Å². The SMILES string of the molecule is CC1CN(Cc2cn3ccccc3n2)CC(CCl)O1. The monoisotopic (exact) mass is 279 g/mol. The number of pyridine rings is 1. The van der Waals surface area contributed by atoms with Crippen molar-refractivity contribution in [1.29, 1.82) is 0 Å². The van der Waals surface area contributed by atoms with E-state index in [1.807, 2.05) is 24.4 Å². The first-order valence-electron chi connectivity index (χ1n) is 6.61. The lowest BCUT2D eigenvalue weighted by atomic mass is 10.2. The summed E-state index contributed by atoms with van der Waals surface area (Å²) in [6.07, 6.45) is 4.47. The van der Waals surface area contributed by atoms with Gasteiger partial charge in [0.2, 0.25) is 0 Å². The number of hydrogen-bond acceptors (Lipinski definition) is 3. The van der Waals surface area contributed by atoms with Gasteiger partial charge in [0, 0.05) is 37.9 Å². The number of rotatable bonds is 3. The Balaban J connectivity index is 1.73. The fraction of sp³-hybridized carbons (Fsp3) is 0.500. The smallest absolute Gasteiger partial charge is 0.137 e. The van der Waals surface area contributed by atoms with Crippen LogP contribution in [0.4, 0.5) is 0 Å². The highest BCUT2D eigenvalue weighted by atomic mass is 35.5. The molecule has 1 aliphatic rings. The van der Waals surface area contributed by atoms with Crippen LogP contribution in [0.1, 0.15) is 12.6 Å². The third kappa shape index (κ3) is 2.91. The van der Waals surface area contributed by atoms with Crippen LogP contribution in [-0.4, -0.2) is 45.5 Å². The Bertz CT molecular complexity index is 523. The molecule has 0 spiro atoms. The Hall–Kier alpha value is -1.10. The number of aromatic nitrogens is 2. The van der Waals surface area contributed by atoms with Gasteiger partial charge < -0.3 is 9.14 Å². The van der Waals surface area contributed by atoms with E-state index < -0.39 is 0 Å². The summed E-state index contributed by atoms with van der Waals surface area (Å²) in [5.74, 6) is 0.548. The molecular formula is C14H18ClN3O. The zero-order valence-corrected chi connectivity index (χ0v) is 11.8. The van der Waals surface area contributed by atoms with Crippen molar-refractivity contribution < 1.29 is 4.74 Å². The maximum atomic E-state index is 5.91. The van der Waals surface area contributed by atoms with Gasteiger partial charge in [-0.1, -0.05) is 6.07 Å². The topological polar surface area (TPSA) is 29.8 Å². The summed E-state index contributed by atoms with van der Waals surface area (Å²) in [6, 6.07) is 6.04. The third-order valence-corrected chi connectivity index (χ3v) is 3.72. The van der Waals surface area contributed by atoms with E-state index in [2.05, 4.69) is 27.4 Å². The molecule has 1 fully saturated rings. The fourth-order valence-corrected chi connectivity index (χ4v) is 2.82. The Morgan fingerprint density at radius 2 is 2.32 bits per heavy atom. The highest BCUT2D eigenvalue weighted by Gasteiger charge is 2.25. The highest BCUT2D eigenvalue weighted by molar-refractivity contribution is 6.18. The third-order valence-electron chi connectivity index (χ3n) is 3.37. The van der Waals surface area contributed by atoms with E-state index in [9.17, 15) is 0 Å². The molecule has 1 aliphatic heterocycles. The second-order valence-corrected chi connectivity index (χ2v) is 5.42. The van der Waals surface area contributed by atoms with Gasteiger partial charge in [-0.05, 0) is 19.1 Å². The Morgan fingerprint density at radius 1 is 1.42 bits per heavy atom. The summed E-state index contributed by atoms with van der Waals surface area (Å²) in [5, 5.41) is 0. The van der Waals surface area contributed by atoms with Crippen LogP contribution in [0.5, 0.6) is 0 Å². The maximum absolute atomic E-state index is 5.91. The molecule has 19 heavy (non-hydrogen) atoms. The number of hydrogen-bond donors (Lipinski definition) is 0. The summed E-state index contributed by atoms with van der Waals surface area (Å²) in [7, 11) is 0. The van der Waals surface area contributed by atoms with Gasteiger partial charge in [-0.15, -0.1) is 11.6 Å². The molecule has 3 rings (SSSR count). The van der Waals surface area contributed by atoms with E-state index in [0.717, 1.165) is 31.0 Å². The first-order valence-corrected chi connectivity index (χ1v) is 7.14. The molecule has 5 heteroatoms. The van der Waals surface area contributed by atoms with Gasteiger partial charge in [-0.2, -0.15) is 0 Å². The van der Waals surface area contributed by atoms with Crippen LogP contribution in [0, 0.1) is 0 Å². The molecule has 0 aromatic carbocycles. The number of morpholine rings is 1. The molecule has 1 saturated heterocycles. The lowest BCUT2D eigenvalue weighted by molar-refractivity contribution is -0.0691. The molecule has 0 bridgehead atoms. The zero-order valence-electron chi connectivity index (χ0n) is 11.0. The van der Waals surface area contributed by atoms with Crippen molar-refractivity contribution in [2.45, 2.75) is 25.7 Å². The van der Waals surface area contributed by atoms with Gasteiger partial charge in [0.1, 0.15) is 5.65 Å². The molecule has 102 valence electrons. The Labute approximate surface area is 117 Å². The highest BCUT2D eigenvalue weighted by Crippen LogP contribution is 2.15. The maximum Gasteiger partial charge on any atom is 0.137 e. The number of alkyl halides is 1. The summed E-state index contributed by atoms with van der Waals surface area (Å²) in [4.78, 5) is 6.99. The van der Waals surface area contributed by atoms with Crippen LogP contribution in [0.25, 0.3) is 5.65 Å². The average molecular weight is 280 g/mol. The quantitative estimate of drug-likeness (QED) is 0.807. The van der Waals surface area contributed by atoms with E-state index in [-0.39, 0.29) is 12.2 Å². The van der Waals surface area contributed by atoms with Crippen molar-refractivity contribution in [2.75, 3.05) is 19.0 Å². The molecular weight excluding hydrogens is 262 g/mol. The van der Waals surface area contributed by atoms with Crippen molar-refractivity contribution in [3.63, 3.8) is 0 Å². The molecule has 4 nitrogen and oxygen atoms in total. The van der Waals surface area contributed by atoms with Crippen LogP contribution in [0.3, 0.4) is 0 Å². The van der Waals surface area contributed by atoms with E-state index >= 15 is 0 Å². The molecule has 2 aromatic rings. The first-order chi connectivity index (χ1) is 9.24. The number of fused-ring (bicyclic) bond motifs is 1. The largest absolute Gasteiger partial charge is 0.371 e. The predicted octanol–water partition coefficient (Wildman–Crippen LogP) is 2.16. The van der Waals surface area contributed by atoms with Gasteiger partial charge in [0.05, 0.1) is 17.9 Å². The van der Waals surface area contributed by atoms with Gasteiger partial charge in [0.15, 0.2) is 0 Å². The van der Waals surface area contributed by atoms with Gasteiger partial charge in [-0.25, -0.2) is 4.98 Å². The van der Waals surface area contributed by atoms with Crippen molar-refractivity contribution in [2.24, 2.45) is 0 Å². The normalized spacial score (nSPS) is 24.9. The van der Waals surface area contributed by atoms with Crippen LogP contribution < -0.4 is 0 Å².